The van der Waals surface area contributed by atoms with Crippen LogP contribution in [0.5, 0.6) is 0 Å². The second kappa shape index (κ2) is 6.09. The van der Waals surface area contributed by atoms with Crippen LogP contribution in [0.1, 0.15) is 5.56 Å². The van der Waals surface area contributed by atoms with Crippen molar-refractivity contribution in [1.29, 1.82) is 0 Å². The van der Waals surface area contributed by atoms with Crippen molar-refractivity contribution in [2.75, 3.05) is 7.05 Å². The van der Waals surface area contributed by atoms with Gasteiger partial charge in [-0.2, -0.15) is 4.31 Å². The predicted octanol–water partition coefficient (Wildman–Crippen LogP) is 3.44. The highest BCUT2D eigenvalue weighted by atomic mass is 35.5. The average Bonchev–Trinajstić information content (AvgIpc) is 2.40. The van der Waals surface area contributed by atoms with Gasteiger partial charge in [0.25, 0.3) is 0 Å². The molecule has 0 N–H and O–H groups in total. The first kappa shape index (κ1) is 15.9. The van der Waals surface area contributed by atoms with E-state index in [9.17, 15) is 17.2 Å². The van der Waals surface area contributed by atoms with Crippen molar-refractivity contribution in [1.82, 2.24) is 4.31 Å². The van der Waals surface area contributed by atoms with E-state index in [0.717, 1.165) is 22.5 Å². The molecular formula is C14H12ClF2NO2S. The molecule has 0 atom stereocenters. The van der Waals surface area contributed by atoms with Gasteiger partial charge in [-0.25, -0.2) is 17.2 Å². The van der Waals surface area contributed by atoms with E-state index in [2.05, 4.69) is 0 Å². The van der Waals surface area contributed by atoms with E-state index in [1.165, 1.54) is 31.3 Å². The van der Waals surface area contributed by atoms with Crippen LogP contribution >= 0.6 is 11.6 Å². The number of hydrogen-bond acceptors (Lipinski definition) is 2. The average molecular weight is 332 g/mol. The van der Waals surface area contributed by atoms with Crippen molar-refractivity contribution in [3.8, 4) is 0 Å². The van der Waals surface area contributed by atoms with Gasteiger partial charge >= 0.3 is 0 Å². The Hall–Kier alpha value is -1.50. The van der Waals surface area contributed by atoms with E-state index in [1.807, 2.05) is 0 Å². The molecule has 0 heterocycles. The highest BCUT2D eigenvalue weighted by Gasteiger charge is 2.24. The highest BCUT2D eigenvalue weighted by Crippen LogP contribution is 2.25. The van der Waals surface area contributed by atoms with Gasteiger partial charge in [0.05, 0.1) is 5.02 Å². The first-order valence-electron chi connectivity index (χ1n) is 5.96. The summed E-state index contributed by atoms with van der Waals surface area (Å²) in [5.74, 6) is -1.01. The fourth-order valence-corrected chi connectivity index (χ4v) is 3.44. The van der Waals surface area contributed by atoms with Crippen LogP contribution in [0.25, 0.3) is 0 Å². The predicted molar refractivity (Wildman–Crippen MR) is 76.5 cm³/mol. The van der Waals surface area contributed by atoms with Crippen molar-refractivity contribution in [2.24, 2.45) is 0 Å². The van der Waals surface area contributed by atoms with Crippen molar-refractivity contribution >= 4 is 21.6 Å². The first-order valence-corrected chi connectivity index (χ1v) is 7.78. The number of hydrogen-bond donors (Lipinski definition) is 0. The highest BCUT2D eigenvalue weighted by molar-refractivity contribution is 7.89. The van der Waals surface area contributed by atoms with Crippen LogP contribution in [0, 0.1) is 11.6 Å². The van der Waals surface area contributed by atoms with E-state index in [1.54, 1.807) is 0 Å². The minimum Gasteiger partial charge on any atom is -0.207 e. The Morgan fingerprint density at radius 2 is 1.62 bits per heavy atom. The summed E-state index contributed by atoms with van der Waals surface area (Å²) in [6, 6.07) is 8.58. The molecule has 0 unspecified atom stereocenters. The van der Waals surface area contributed by atoms with Gasteiger partial charge in [0, 0.05) is 13.6 Å². The fourth-order valence-electron chi connectivity index (χ4n) is 1.78. The van der Waals surface area contributed by atoms with Crippen LogP contribution in [0.2, 0.25) is 5.02 Å². The Labute approximate surface area is 126 Å². The molecule has 0 spiro atoms. The molecule has 21 heavy (non-hydrogen) atoms. The zero-order valence-corrected chi connectivity index (χ0v) is 12.6. The molecule has 2 aromatic rings. The van der Waals surface area contributed by atoms with E-state index in [-0.39, 0.29) is 16.5 Å². The molecule has 0 saturated heterocycles. The molecular weight excluding hydrogens is 320 g/mol. The quantitative estimate of drug-likeness (QED) is 0.860. The van der Waals surface area contributed by atoms with E-state index in [0.29, 0.717) is 5.56 Å². The third kappa shape index (κ3) is 3.58. The molecule has 2 aromatic carbocycles. The Morgan fingerprint density at radius 1 is 1.05 bits per heavy atom. The molecule has 0 radical (unpaired) electrons. The molecule has 0 bridgehead atoms. The minimum atomic E-state index is -3.85. The van der Waals surface area contributed by atoms with E-state index >= 15 is 0 Å². The summed E-state index contributed by atoms with van der Waals surface area (Å²) in [4.78, 5) is -0.171. The third-order valence-corrected chi connectivity index (χ3v) is 5.19. The Balaban J connectivity index is 2.28. The molecule has 0 amide bonds. The van der Waals surface area contributed by atoms with Gasteiger partial charge in [-0.3, -0.25) is 0 Å². The Morgan fingerprint density at radius 3 is 2.19 bits per heavy atom. The van der Waals surface area contributed by atoms with Gasteiger partial charge in [0.2, 0.25) is 10.0 Å². The largest absolute Gasteiger partial charge is 0.244 e. The second-order valence-corrected chi connectivity index (χ2v) is 6.88. The molecule has 2 rings (SSSR count). The van der Waals surface area contributed by atoms with Gasteiger partial charge in [0.1, 0.15) is 16.5 Å². The van der Waals surface area contributed by atoms with Crippen LogP contribution in [0.3, 0.4) is 0 Å². The lowest BCUT2D eigenvalue weighted by Crippen LogP contribution is -2.26. The standard InChI is InChI=1S/C14H12ClF2NO2S/c1-18(9-10-2-4-11(16)5-3-10)21(19,20)14-7-6-12(17)8-13(14)15/h2-8H,9H2,1H3. The molecule has 112 valence electrons. The van der Waals surface area contributed by atoms with Crippen LogP contribution in [0.15, 0.2) is 47.4 Å². The fraction of sp³-hybridized carbons (Fsp3) is 0.143. The van der Waals surface area contributed by atoms with Crippen molar-refractivity contribution < 1.29 is 17.2 Å². The molecule has 0 aliphatic carbocycles. The summed E-state index contributed by atoms with van der Waals surface area (Å²) in [6.07, 6.45) is 0. The summed E-state index contributed by atoms with van der Waals surface area (Å²) in [6.45, 7) is 0.0519. The monoisotopic (exact) mass is 331 g/mol. The number of benzene rings is 2. The van der Waals surface area contributed by atoms with Crippen molar-refractivity contribution in [3.05, 3.63) is 64.7 Å². The van der Waals surface area contributed by atoms with Crippen LogP contribution in [0.4, 0.5) is 8.78 Å². The number of nitrogens with zero attached hydrogens (tertiary/aromatic N) is 1. The van der Waals surface area contributed by atoms with Gasteiger partial charge in [0.15, 0.2) is 0 Å². The zero-order chi connectivity index (χ0) is 15.6. The molecule has 0 aromatic heterocycles. The molecule has 7 heteroatoms. The zero-order valence-electron chi connectivity index (χ0n) is 11.1. The second-order valence-electron chi connectivity index (χ2n) is 4.46. The van der Waals surface area contributed by atoms with Gasteiger partial charge in [-0.05, 0) is 35.9 Å². The van der Waals surface area contributed by atoms with E-state index < -0.39 is 21.7 Å². The van der Waals surface area contributed by atoms with E-state index in [4.69, 9.17) is 11.6 Å². The minimum absolute atomic E-state index is 0.0519. The van der Waals surface area contributed by atoms with Gasteiger partial charge in [-0.1, -0.05) is 23.7 Å². The maximum Gasteiger partial charge on any atom is 0.244 e. The number of sulfonamides is 1. The third-order valence-electron chi connectivity index (χ3n) is 2.90. The lowest BCUT2D eigenvalue weighted by Gasteiger charge is -2.18. The molecule has 0 saturated carbocycles. The number of halogens is 3. The Kier molecular flexibility index (Phi) is 4.61. The maximum absolute atomic E-state index is 13.0. The van der Waals surface area contributed by atoms with Gasteiger partial charge < -0.3 is 0 Å². The summed E-state index contributed by atoms with van der Waals surface area (Å²) >= 11 is 5.79. The molecule has 0 aliphatic rings. The molecule has 0 aliphatic heterocycles. The summed E-state index contributed by atoms with van der Waals surface area (Å²) in [5, 5.41) is -0.180. The summed E-state index contributed by atoms with van der Waals surface area (Å²) in [5.41, 5.74) is 0.626. The topological polar surface area (TPSA) is 37.4 Å². The van der Waals surface area contributed by atoms with Crippen LogP contribution in [-0.2, 0) is 16.6 Å². The smallest absolute Gasteiger partial charge is 0.207 e. The molecule has 3 nitrogen and oxygen atoms in total. The lowest BCUT2D eigenvalue weighted by atomic mass is 10.2. The van der Waals surface area contributed by atoms with Gasteiger partial charge in [-0.15, -0.1) is 0 Å². The van der Waals surface area contributed by atoms with Crippen LogP contribution < -0.4 is 0 Å². The summed E-state index contributed by atoms with van der Waals surface area (Å²) in [7, 11) is -2.48. The summed E-state index contributed by atoms with van der Waals surface area (Å²) < 4.78 is 51.7. The SMILES string of the molecule is CN(Cc1ccc(F)cc1)S(=O)(=O)c1ccc(F)cc1Cl. The first-order chi connectivity index (χ1) is 9.80. The van der Waals surface area contributed by atoms with Crippen molar-refractivity contribution in [2.45, 2.75) is 11.4 Å². The molecule has 0 fully saturated rings. The lowest BCUT2D eigenvalue weighted by molar-refractivity contribution is 0.466. The maximum atomic E-state index is 13.0. The van der Waals surface area contributed by atoms with Crippen molar-refractivity contribution in [3.63, 3.8) is 0 Å². The Bertz CT molecular complexity index is 748. The number of rotatable bonds is 4. The normalized spacial score (nSPS) is 11.9. The van der Waals surface area contributed by atoms with Crippen LogP contribution in [-0.4, -0.2) is 19.8 Å².